The molecule has 1 nitrogen and oxygen atoms in total. The molecular weight excluding hydrogens is 318 g/mol. The first-order valence-corrected chi connectivity index (χ1v) is 9.33. The van der Waals surface area contributed by atoms with E-state index in [0.29, 0.717) is 4.58 Å². The Morgan fingerprint density at radius 2 is 1.13 bits per heavy atom. The smallest absolute Gasteiger partial charge is 0.0865 e. The minimum absolute atomic E-state index is 0.295. The Bertz CT molecular complexity index is 687. The number of hydrogen-bond acceptors (Lipinski definition) is 3. The first kappa shape index (κ1) is 16.0. The lowest BCUT2D eigenvalue weighted by Crippen LogP contribution is -1.97. The lowest BCUT2D eigenvalue weighted by atomic mass is 10.2. The molecule has 3 rings (SSSR count). The fraction of sp³-hybridized carbons (Fsp3) is 0.100. The van der Waals surface area contributed by atoms with Crippen LogP contribution in [0.5, 0.6) is 0 Å². The topological polar surface area (TPSA) is 12.0 Å². The highest BCUT2D eigenvalue weighted by atomic mass is 32.2. The second-order valence-electron chi connectivity index (χ2n) is 5.03. The molecule has 1 N–H and O–H groups in total. The Morgan fingerprint density at radius 1 is 0.652 bits per heavy atom. The van der Waals surface area contributed by atoms with E-state index in [1.807, 2.05) is 30.6 Å². The molecule has 23 heavy (non-hydrogen) atoms. The third-order valence-electron chi connectivity index (χ3n) is 3.46. The van der Waals surface area contributed by atoms with Crippen LogP contribution in [0.4, 0.5) is 5.69 Å². The number of thioether (sulfide) groups is 2. The number of nitrogens with one attached hydrogen (secondary N) is 1. The van der Waals surface area contributed by atoms with E-state index in [1.54, 1.807) is 0 Å². The van der Waals surface area contributed by atoms with Gasteiger partial charge in [-0.15, -0.1) is 23.5 Å². The predicted molar refractivity (Wildman–Crippen MR) is 103 cm³/mol. The molecule has 0 bridgehead atoms. The molecule has 3 heteroatoms. The van der Waals surface area contributed by atoms with Crippen molar-refractivity contribution < 1.29 is 0 Å². The van der Waals surface area contributed by atoms with Crippen molar-refractivity contribution in [2.24, 2.45) is 0 Å². The molecule has 0 aliphatic heterocycles. The van der Waals surface area contributed by atoms with Crippen molar-refractivity contribution >= 4 is 29.2 Å². The van der Waals surface area contributed by atoms with E-state index < -0.39 is 0 Å². The van der Waals surface area contributed by atoms with Crippen molar-refractivity contribution in [1.29, 1.82) is 0 Å². The van der Waals surface area contributed by atoms with Crippen molar-refractivity contribution in [1.82, 2.24) is 0 Å². The van der Waals surface area contributed by atoms with Crippen LogP contribution in [0.2, 0.25) is 0 Å². The van der Waals surface area contributed by atoms with Gasteiger partial charge in [-0.3, -0.25) is 0 Å². The largest absolute Gasteiger partial charge is 0.388 e. The van der Waals surface area contributed by atoms with Gasteiger partial charge in [0.25, 0.3) is 0 Å². The van der Waals surface area contributed by atoms with Crippen LogP contribution in [-0.2, 0) is 0 Å². The van der Waals surface area contributed by atoms with Gasteiger partial charge < -0.3 is 5.32 Å². The average molecular weight is 338 g/mol. The lowest BCUT2D eigenvalue weighted by Gasteiger charge is -2.20. The van der Waals surface area contributed by atoms with E-state index in [2.05, 4.69) is 90.2 Å². The predicted octanol–water partition coefficient (Wildman–Crippen LogP) is 6.31. The first-order chi connectivity index (χ1) is 11.4. The number of rotatable bonds is 6. The van der Waals surface area contributed by atoms with Gasteiger partial charge in [0.15, 0.2) is 0 Å². The van der Waals surface area contributed by atoms with E-state index in [-0.39, 0.29) is 0 Å². The Morgan fingerprint density at radius 3 is 1.65 bits per heavy atom. The molecule has 3 aromatic carbocycles. The van der Waals surface area contributed by atoms with E-state index in [4.69, 9.17) is 0 Å². The van der Waals surface area contributed by atoms with Crippen LogP contribution in [0.25, 0.3) is 0 Å². The molecule has 0 spiro atoms. The van der Waals surface area contributed by atoms with Crippen molar-refractivity contribution in [3.05, 3.63) is 90.5 Å². The summed E-state index contributed by atoms with van der Waals surface area (Å²) in [5, 5.41) is 3.32. The molecule has 0 fully saturated rings. The maximum Gasteiger partial charge on any atom is 0.0865 e. The van der Waals surface area contributed by atoms with Crippen LogP contribution < -0.4 is 5.32 Å². The second kappa shape index (κ2) is 8.14. The average Bonchev–Trinajstić information content (AvgIpc) is 2.63. The van der Waals surface area contributed by atoms with Crippen molar-refractivity contribution in [3.8, 4) is 0 Å². The van der Waals surface area contributed by atoms with Crippen LogP contribution in [0.3, 0.4) is 0 Å². The second-order valence-corrected chi connectivity index (χ2v) is 7.69. The normalized spacial score (nSPS) is 10.7. The van der Waals surface area contributed by atoms with E-state index in [9.17, 15) is 0 Å². The third kappa shape index (κ3) is 4.34. The summed E-state index contributed by atoms with van der Waals surface area (Å²) in [6, 6.07) is 29.7. The van der Waals surface area contributed by atoms with E-state index in [0.717, 1.165) is 0 Å². The zero-order valence-corrected chi connectivity index (χ0v) is 14.6. The summed E-state index contributed by atoms with van der Waals surface area (Å²) in [6.45, 7) is 0. The van der Waals surface area contributed by atoms with E-state index in [1.165, 1.54) is 21.0 Å². The molecular formula is C20H19NS2. The van der Waals surface area contributed by atoms with Gasteiger partial charge in [-0.2, -0.15) is 0 Å². The SMILES string of the molecule is CNc1ccccc1C(Sc1ccccc1)Sc1ccccc1. The minimum Gasteiger partial charge on any atom is -0.388 e. The summed E-state index contributed by atoms with van der Waals surface area (Å²) in [6.07, 6.45) is 0. The molecule has 0 saturated heterocycles. The highest BCUT2D eigenvalue weighted by Crippen LogP contribution is 2.48. The number of para-hydroxylation sites is 1. The molecule has 0 unspecified atom stereocenters. The Hall–Kier alpha value is -1.84. The molecule has 0 amide bonds. The van der Waals surface area contributed by atoms with Crippen LogP contribution in [0, 0.1) is 0 Å². The minimum atomic E-state index is 0.295. The molecule has 3 aromatic rings. The number of anilines is 1. The Kier molecular flexibility index (Phi) is 5.67. The van der Waals surface area contributed by atoms with Gasteiger partial charge in [-0.1, -0.05) is 54.6 Å². The summed E-state index contributed by atoms with van der Waals surface area (Å²) in [7, 11) is 1.98. The van der Waals surface area contributed by atoms with Crippen molar-refractivity contribution in [3.63, 3.8) is 0 Å². The van der Waals surface area contributed by atoms with Gasteiger partial charge in [0.1, 0.15) is 0 Å². The monoisotopic (exact) mass is 337 g/mol. The molecule has 0 saturated carbocycles. The first-order valence-electron chi connectivity index (χ1n) is 7.57. The molecule has 0 aliphatic carbocycles. The summed E-state index contributed by atoms with van der Waals surface area (Å²) in [4.78, 5) is 2.57. The Balaban J connectivity index is 1.92. The van der Waals surface area contributed by atoms with Gasteiger partial charge in [-0.25, -0.2) is 0 Å². The molecule has 0 atom stereocenters. The zero-order chi connectivity index (χ0) is 15.9. The summed E-state index contributed by atoms with van der Waals surface area (Å²) >= 11 is 3.78. The quantitative estimate of drug-likeness (QED) is 0.418. The van der Waals surface area contributed by atoms with E-state index >= 15 is 0 Å². The molecule has 0 aliphatic rings. The molecule has 116 valence electrons. The highest BCUT2D eigenvalue weighted by Gasteiger charge is 2.17. The molecule has 0 heterocycles. The van der Waals surface area contributed by atoms with Crippen LogP contribution in [0.1, 0.15) is 10.1 Å². The maximum atomic E-state index is 3.32. The maximum absolute atomic E-state index is 3.32. The van der Waals surface area contributed by atoms with Gasteiger partial charge in [0, 0.05) is 22.5 Å². The van der Waals surface area contributed by atoms with Crippen molar-refractivity contribution in [2.75, 3.05) is 12.4 Å². The Labute approximate surface area is 146 Å². The zero-order valence-electron chi connectivity index (χ0n) is 13.0. The lowest BCUT2D eigenvalue weighted by molar-refractivity contribution is 1.31. The van der Waals surface area contributed by atoms with Crippen LogP contribution in [0.15, 0.2) is 94.7 Å². The van der Waals surface area contributed by atoms with Crippen molar-refractivity contribution in [2.45, 2.75) is 14.4 Å². The summed E-state index contributed by atoms with van der Waals surface area (Å²) in [5.74, 6) is 0. The van der Waals surface area contributed by atoms with Crippen LogP contribution in [-0.4, -0.2) is 7.05 Å². The molecule has 0 aromatic heterocycles. The van der Waals surface area contributed by atoms with Gasteiger partial charge in [0.05, 0.1) is 4.58 Å². The van der Waals surface area contributed by atoms with Gasteiger partial charge in [-0.05, 0) is 35.9 Å². The fourth-order valence-electron chi connectivity index (χ4n) is 2.33. The molecule has 0 radical (unpaired) electrons. The summed E-state index contributed by atoms with van der Waals surface area (Å²) < 4.78 is 0.295. The number of hydrogen-bond donors (Lipinski definition) is 1. The van der Waals surface area contributed by atoms with Gasteiger partial charge >= 0.3 is 0 Å². The standard InChI is InChI=1S/C20H19NS2/c1-21-19-15-9-8-14-18(19)20(22-16-10-4-2-5-11-16)23-17-12-6-3-7-13-17/h2-15,20-21H,1H3. The van der Waals surface area contributed by atoms with Gasteiger partial charge in [0.2, 0.25) is 0 Å². The fourth-order valence-corrected chi connectivity index (χ4v) is 4.97. The van der Waals surface area contributed by atoms with Crippen LogP contribution >= 0.6 is 23.5 Å². The number of benzene rings is 3. The highest BCUT2D eigenvalue weighted by molar-refractivity contribution is 8.16. The summed E-state index contributed by atoms with van der Waals surface area (Å²) in [5.41, 5.74) is 2.50. The third-order valence-corrected chi connectivity index (χ3v) is 6.06.